The average Bonchev–Trinajstić information content (AvgIpc) is 4.40. The van der Waals surface area contributed by atoms with Crippen molar-refractivity contribution in [2.75, 3.05) is 6.61 Å². The van der Waals surface area contributed by atoms with Crippen LogP contribution in [0, 0.1) is 6.72 Å². The van der Waals surface area contributed by atoms with E-state index >= 15 is 0 Å². The van der Waals surface area contributed by atoms with Crippen molar-refractivity contribution < 1.29 is 57.6 Å². The number of esters is 1. The quantitative estimate of drug-likeness (QED) is 0.0635. The van der Waals surface area contributed by atoms with Gasteiger partial charge in [-0.3, -0.25) is 19.2 Å². The smallest absolute Gasteiger partial charge is 0.357 e. The number of nitrogens with zero attached hydrogens (tertiary/aromatic N) is 7. The highest BCUT2D eigenvalue weighted by Gasteiger charge is 2.28. The van der Waals surface area contributed by atoms with Crippen molar-refractivity contribution in [2.45, 2.75) is 13.8 Å². The first-order chi connectivity index (χ1) is 38.0. The van der Waals surface area contributed by atoms with Crippen LogP contribution in [0.4, 0.5) is 0 Å². The van der Waals surface area contributed by atoms with Crippen molar-refractivity contribution >= 4 is 45.9 Å². The van der Waals surface area contributed by atoms with Gasteiger partial charge >= 0.3 is 11.7 Å². The summed E-state index contributed by atoms with van der Waals surface area (Å²) in [5, 5.41) is 31.5. The van der Waals surface area contributed by atoms with Gasteiger partial charge in [0.25, 0.3) is 0 Å². The van der Waals surface area contributed by atoms with E-state index in [0.29, 0.717) is 44.5 Å². The van der Waals surface area contributed by atoms with Gasteiger partial charge in [-0.2, -0.15) is 0 Å². The molecule has 7 aromatic carbocycles. The van der Waals surface area contributed by atoms with E-state index < -0.39 is 17.5 Å². The molecule has 0 saturated heterocycles. The topological polar surface area (TPSA) is 272 Å². The number of rotatable bonds is 12. The molecule has 0 aliphatic carbocycles. The Morgan fingerprint density at radius 2 is 0.861 bits per heavy atom. The fourth-order valence-corrected chi connectivity index (χ4v) is 7.59. The van der Waals surface area contributed by atoms with Crippen LogP contribution in [-0.2, 0) is 4.74 Å². The van der Waals surface area contributed by atoms with Gasteiger partial charge in [0.1, 0.15) is 17.9 Å². The zero-order chi connectivity index (χ0) is 54.8. The van der Waals surface area contributed by atoms with Gasteiger partial charge in [0.15, 0.2) is 33.5 Å². The molecule has 0 fully saturated rings. The fourth-order valence-electron chi connectivity index (χ4n) is 7.59. The molecule has 0 unspecified atom stereocenters. The summed E-state index contributed by atoms with van der Waals surface area (Å²) < 4.78 is 20.7. The molecule has 392 valence electrons. The molecule has 0 aliphatic rings. The van der Waals surface area contributed by atoms with Crippen LogP contribution in [0.5, 0.6) is 0 Å². The summed E-state index contributed by atoms with van der Waals surface area (Å²) in [6.45, 7) is 7.16. The normalized spacial score (nSPS) is 10.7. The second-order valence-corrected chi connectivity index (χ2v) is 16.5. The van der Waals surface area contributed by atoms with E-state index in [1.807, 2.05) is 91.0 Å². The lowest BCUT2D eigenvalue weighted by Crippen LogP contribution is -2.39. The lowest BCUT2D eigenvalue weighted by Gasteiger charge is -2.11. The van der Waals surface area contributed by atoms with Gasteiger partial charge in [0.2, 0.25) is 22.7 Å². The lowest BCUT2D eigenvalue weighted by atomic mass is 9.99. The summed E-state index contributed by atoms with van der Waals surface area (Å²) >= 11 is 0. The summed E-state index contributed by atoms with van der Waals surface area (Å²) in [7, 11) is 0. The average molecular weight is 1050 g/mol. The van der Waals surface area contributed by atoms with Crippen LogP contribution in [0.3, 0.4) is 0 Å². The van der Waals surface area contributed by atoms with Crippen molar-refractivity contribution in [1.29, 1.82) is 0 Å². The minimum Gasteiger partial charge on any atom is -0.869 e. The Morgan fingerprint density at radius 3 is 1.29 bits per heavy atom. The molecule has 18 nitrogen and oxygen atoms in total. The second kappa shape index (κ2) is 27.0. The van der Waals surface area contributed by atoms with Crippen molar-refractivity contribution in [3.63, 3.8) is 0 Å². The number of Topliss-reactive ketones (excluding diaryl/α,β-unsaturated/α-hetero) is 1. The Morgan fingerprint density at radius 1 is 0.481 bits per heavy atom. The van der Waals surface area contributed by atoms with Gasteiger partial charge < -0.3 is 15.3 Å². The molecular weight excluding hydrogens is 1010 g/mol. The zero-order valence-corrected chi connectivity index (χ0v) is 42.3. The Kier molecular flexibility index (Phi) is 19.1. The molecule has 11 rings (SSSR count). The maximum absolute atomic E-state index is 12.6. The molecule has 2 N–H and O–H groups in total. The summed E-state index contributed by atoms with van der Waals surface area (Å²) in [4.78, 5) is 65.1. The largest absolute Gasteiger partial charge is 0.869 e. The van der Waals surface area contributed by atoms with E-state index in [0.717, 1.165) is 21.1 Å². The van der Waals surface area contributed by atoms with Crippen molar-refractivity contribution in [3.05, 3.63) is 275 Å². The van der Waals surface area contributed by atoms with Gasteiger partial charge in [-0.25, -0.2) is 19.0 Å². The van der Waals surface area contributed by atoms with Crippen molar-refractivity contribution in [3.8, 4) is 22.4 Å². The second-order valence-electron chi connectivity index (χ2n) is 16.5. The maximum Gasteiger partial charge on any atom is 0.357 e. The van der Waals surface area contributed by atoms with E-state index in [-0.39, 0.29) is 57.5 Å². The Labute approximate surface area is 450 Å². The highest BCUT2D eigenvalue weighted by atomic mass is 16.6. The van der Waals surface area contributed by atoms with Crippen LogP contribution in [0.15, 0.2) is 226 Å². The number of aromatic nitrogens is 7. The minimum atomic E-state index is -0.506. The molecule has 0 bridgehead atoms. The molecule has 0 amide bonds. The molecule has 0 radical (unpaired) electrons. The number of ether oxygens (including phenoxy) is 1. The van der Waals surface area contributed by atoms with Crippen molar-refractivity contribution in [1.82, 2.24) is 30.8 Å². The SMILES string of the molecule is C=[n+]1onc(C(=O)c2ccccc2)c1=C([O-])c1ccccc1.CC(=O)c1ccccc1.CCOC(=O)c1nc(-c2ccccc2)c2nonc2c1-c1ccccc1.O.O=C(c1ccccc1)c1nonc1C(=O)c1ccccc1. The number of pyridine rings is 1. The minimum absolute atomic E-state index is 0. The number of carbonyl (C=O) groups is 5. The molecule has 4 heterocycles. The number of fused-ring (bicyclic) bond motifs is 1. The molecule has 0 spiro atoms. The number of carbonyl (C=O) groups excluding carboxylic acids is 5. The number of hydrogen-bond donors (Lipinski definition) is 0. The van der Waals surface area contributed by atoms with E-state index in [1.165, 1.54) is 0 Å². The third-order valence-corrected chi connectivity index (χ3v) is 11.4. The first-order valence-corrected chi connectivity index (χ1v) is 24.0. The molecular formula is C61H47N7O11. The molecule has 79 heavy (non-hydrogen) atoms. The highest BCUT2D eigenvalue weighted by Crippen LogP contribution is 2.35. The van der Waals surface area contributed by atoms with Gasteiger partial charge in [-0.15, -0.1) is 0 Å². The Balaban J connectivity index is 0.000000159. The van der Waals surface area contributed by atoms with Crippen LogP contribution in [0.25, 0.3) is 39.2 Å². The molecule has 11 aromatic rings. The molecule has 0 atom stereocenters. The molecule has 0 aliphatic heterocycles. The highest BCUT2D eigenvalue weighted by molar-refractivity contribution is 6.17. The van der Waals surface area contributed by atoms with Crippen LogP contribution >= 0.6 is 0 Å². The standard InChI is InChI=1S/C20H15N3O3.C17H12N2O3.C16H10N2O3.C8H8O.H2O/c1-2-25-20(24)18-15(13-9-5-3-6-10-13)17-19(23-26-22-17)16(21-18)14-11-7-4-8-12-14;1-19-15(17(21)13-10-6-3-7-11-13)14(18-22-19)16(20)12-8-4-2-5-9-12;19-15(11-7-3-1-4-8-11)13-14(18-21-17-13)16(20)12-9-5-2-6-10-12;1-7(9)8-5-3-2-4-6-8;/h3-12H,2H2,1H3;2-11H,1H2;1-10H;2-6H,1H3;1H2. The van der Waals surface area contributed by atoms with Gasteiger partial charge in [0, 0.05) is 33.4 Å². The summed E-state index contributed by atoms with van der Waals surface area (Å²) in [5.41, 5.74) is 6.18. The number of hydrogen-bond acceptors (Lipinski definition) is 16. The summed E-state index contributed by atoms with van der Waals surface area (Å²) in [6, 6.07) is 62.5. The Hall–Kier alpha value is -11.0. The van der Waals surface area contributed by atoms with E-state index in [1.54, 1.807) is 135 Å². The van der Waals surface area contributed by atoms with Gasteiger partial charge in [-0.05, 0) is 55.8 Å². The monoisotopic (exact) mass is 1050 g/mol. The third-order valence-electron chi connectivity index (χ3n) is 11.4. The fraction of sp³-hybridized carbons (Fsp3) is 0.0492. The predicted octanol–water partition coefficient (Wildman–Crippen LogP) is 8.07. The van der Waals surface area contributed by atoms with E-state index in [9.17, 15) is 29.1 Å². The van der Waals surface area contributed by atoms with Crippen LogP contribution in [0.1, 0.15) is 88.4 Å². The zero-order valence-electron chi connectivity index (χ0n) is 42.3. The predicted molar refractivity (Wildman–Crippen MR) is 286 cm³/mol. The molecule has 18 heteroatoms. The van der Waals surface area contributed by atoms with Crippen molar-refractivity contribution in [2.24, 2.45) is 0 Å². The summed E-state index contributed by atoms with van der Waals surface area (Å²) in [6.07, 6.45) is 0. The van der Waals surface area contributed by atoms with E-state index in [2.05, 4.69) is 42.1 Å². The maximum atomic E-state index is 12.6. The first kappa shape index (κ1) is 55.8. The summed E-state index contributed by atoms with van der Waals surface area (Å²) in [5.74, 6) is -1.92. The Bertz CT molecular complexity index is 3870. The lowest BCUT2D eigenvalue weighted by molar-refractivity contribution is -0.728. The van der Waals surface area contributed by atoms with Crippen LogP contribution in [-0.4, -0.2) is 72.0 Å². The number of ketones is 4. The van der Waals surface area contributed by atoms with Crippen LogP contribution in [0.2, 0.25) is 0 Å². The first-order valence-electron chi connectivity index (χ1n) is 24.0. The number of benzene rings is 7. The molecule has 4 aromatic heterocycles. The van der Waals surface area contributed by atoms with Crippen LogP contribution < -0.4 is 14.9 Å². The van der Waals surface area contributed by atoms with Gasteiger partial charge in [-0.1, -0.05) is 217 Å². The van der Waals surface area contributed by atoms with Gasteiger partial charge in [0.05, 0.1) is 6.61 Å². The van der Waals surface area contributed by atoms with E-state index in [4.69, 9.17) is 14.0 Å². The molecule has 0 saturated carbocycles. The third kappa shape index (κ3) is 13.5.